The molecule has 0 aliphatic rings. The zero-order chi connectivity index (χ0) is 15.5. The van der Waals surface area contributed by atoms with E-state index in [9.17, 15) is 4.79 Å². The summed E-state index contributed by atoms with van der Waals surface area (Å²) in [5, 5.41) is 14.0. The fourth-order valence-corrected chi connectivity index (χ4v) is 1.83. The monoisotopic (exact) mass is 288 g/mol. The van der Waals surface area contributed by atoms with E-state index >= 15 is 0 Å². The summed E-state index contributed by atoms with van der Waals surface area (Å²) in [7, 11) is 0. The average molecular weight is 288 g/mol. The number of nitrogens with one attached hydrogen (secondary N) is 1. The Labute approximate surface area is 123 Å². The number of hydrogen-bond acceptors (Lipinski definition) is 5. The normalized spacial score (nSPS) is 14.0. The smallest absolute Gasteiger partial charge is 0.251 e. The standard InChI is InChI=1S/C14H20N6O/c1-10(2)14(3,8-15)17-13(21)11-5-4-6-12(7-11)20-9-16-18-19-20/h4-7,9-10H,8,15H2,1-3H3,(H,17,21). The predicted octanol–water partition coefficient (Wildman–Crippen LogP) is 0.765. The fraction of sp³-hybridized carbons (Fsp3) is 0.429. The third-order valence-corrected chi connectivity index (χ3v) is 3.82. The number of carbonyl (C=O) groups is 1. The molecule has 112 valence electrons. The highest BCUT2D eigenvalue weighted by Gasteiger charge is 2.28. The Morgan fingerprint density at radius 1 is 1.48 bits per heavy atom. The van der Waals surface area contributed by atoms with Gasteiger partial charge in [0.25, 0.3) is 5.91 Å². The topological polar surface area (TPSA) is 98.7 Å². The van der Waals surface area contributed by atoms with Crippen LogP contribution in [0.25, 0.3) is 5.69 Å². The number of amides is 1. The van der Waals surface area contributed by atoms with Crippen molar-refractivity contribution in [3.05, 3.63) is 36.2 Å². The summed E-state index contributed by atoms with van der Waals surface area (Å²) < 4.78 is 1.50. The van der Waals surface area contributed by atoms with E-state index in [2.05, 4.69) is 20.8 Å². The molecule has 2 rings (SSSR count). The predicted molar refractivity (Wildman–Crippen MR) is 78.9 cm³/mol. The molecule has 2 aromatic rings. The van der Waals surface area contributed by atoms with E-state index in [1.165, 1.54) is 11.0 Å². The molecule has 0 radical (unpaired) electrons. The molecule has 1 aromatic heterocycles. The summed E-state index contributed by atoms with van der Waals surface area (Å²) in [5.74, 6) is 0.0701. The summed E-state index contributed by atoms with van der Waals surface area (Å²) in [4.78, 5) is 12.4. The third kappa shape index (κ3) is 3.25. The summed E-state index contributed by atoms with van der Waals surface area (Å²) in [5.41, 5.74) is 6.63. The molecule has 0 aliphatic carbocycles. The first-order chi connectivity index (χ1) is 9.96. The van der Waals surface area contributed by atoms with Gasteiger partial charge in [0, 0.05) is 12.1 Å². The average Bonchev–Trinajstić information content (AvgIpc) is 3.01. The van der Waals surface area contributed by atoms with Crippen LogP contribution in [0.5, 0.6) is 0 Å². The van der Waals surface area contributed by atoms with Crippen LogP contribution in [0.4, 0.5) is 0 Å². The molecule has 0 saturated heterocycles. The van der Waals surface area contributed by atoms with Crippen LogP contribution in [0.3, 0.4) is 0 Å². The van der Waals surface area contributed by atoms with Crippen molar-refractivity contribution in [3.8, 4) is 5.69 Å². The molecule has 0 spiro atoms. The highest BCUT2D eigenvalue weighted by atomic mass is 16.1. The minimum atomic E-state index is -0.443. The molecule has 1 amide bonds. The third-order valence-electron chi connectivity index (χ3n) is 3.82. The molecule has 1 heterocycles. The van der Waals surface area contributed by atoms with E-state index in [1.54, 1.807) is 18.2 Å². The van der Waals surface area contributed by atoms with E-state index in [-0.39, 0.29) is 11.8 Å². The Morgan fingerprint density at radius 2 is 2.24 bits per heavy atom. The molecule has 1 aromatic carbocycles. The van der Waals surface area contributed by atoms with Crippen LogP contribution in [0.15, 0.2) is 30.6 Å². The lowest BCUT2D eigenvalue weighted by molar-refractivity contribution is 0.0883. The number of benzene rings is 1. The van der Waals surface area contributed by atoms with Crippen molar-refractivity contribution in [2.24, 2.45) is 11.7 Å². The van der Waals surface area contributed by atoms with E-state index in [4.69, 9.17) is 5.73 Å². The van der Waals surface area contributed by atoms with Crippen molar-refractivity contribution in [1.82, 2.24) is 25.5 Å². The van der Waals surface area contributed by atoms with Gasteiger partial charge in [-0.2, -0.15) is 0 Å². The Hall–Kier alpha value is -2.28. The Kier molecular flexibility index (Phi) is 4.32. The van der Waals surface area contributed by atoms with Gasteiger partial charge in [-0.25, -0.2) is 4.68 Å². The largest absolute Gasteiger partial charge is 0.345 e. The zero-order valence-electron chi connectivity index (χ0n) is 12.4. The molecule has 0 fully saturated rings. The molecule has 3 N–H and O–H groups in total. The summed E-state index contributed by atoms with van der Waals surface area (Å²) in [6, 6.07) is 7.11. The first-order valence-corrected chi connectivity index (χ1v) is 6.82. The van der Waals surface area contributed by atoms with Gasteiger partial charge in [-0.1, -0.05) is 19.9 Å². The Balaban J connectivity index is 2.22. The van der Waals surface area contributed by atoms with Crippen LogP contribution < -0.4 is 11.1 Å². The van der Waals surface area contributed by atoms with Gasteiger partial charge in [0.15, 0.2) is 0 Å². The summed E-state index contributed by atoms with van der Waals surface area (Å²) >= 11 is 0. The van der Waals surface area contributed by atoms with Gasteiger partial charge >= 0.3 is 0 Å². The van der Waals surface area contributed by atoms with Crippen LogP contribution in [0.1, 0.15) is 31.1 Å². The van der Waals surface area contributed by atoms with Crippen LogP contribution >= 0.6 is 0 Å². The Bertz CT molecular complexity index is 610. The van der Waals surface area contributed by atoms with Gasteiger partial charge in [-0.05, 0) is 41.5 Å². The maximum absolute atomic E-state index is 12.4. The molecular weight excluding hydrogens is 268 g/mol. The minimum absolute atomic E-state index is 0.161. The quantitative estimate of drug-likeness (QED) is 0.846. The molecular formula is C14H20N6O. The second kappa shape index (κ2) is 6.01. The highest BCUT2D eigenvalue weighted by Crippen LogP contribution is 2.16. The number of hydrogen-bond donors (Lipinski definition) is 2. The number of aromatic nitrogens is 4. The maximum atomic E-state index is 12.4. The van der Waals surface area contributed by atoms with E-state index < -0.39 is 5.54 Å². The number of nitrogens with two attached hydrogens (primary N) is 1. The zero-order valence-corrected chi connectivity index (χ0v) is 12.4. The molecule has 1 atom stereocenters. The number of carbonyl (C=O) groups excluding carboxylic acids is 1. The van der Waals surface area contributed by atoms with Crippen molar-refractivity contribution in [2.75, 3.05) is 6.54 Å². The van der Waals surface area contributed by atoms with Crippen LogP contribution in [-0.4, -0.2) is 38.2 Å². The van der Waals surface area contributed by atoms with Crippen molar-refractivity contribution in [3.63, 3.8) is 0 Å². The molecule has 0 aliphatic heterocycles. The van der Waals surface area contributed by atoms with Crippen LogP contribution in [0.2, 0.25) is 0 Å². The molecule has 0 saturated carbocycles. The molecule has 7 heteroatoms. The van der Waals surface area contributed by atoms with Crippen molar-refractivity contribution >= 4 is 5.91 Å². The van der Waals surface area contributed by atoms with Crippen LogP contribution in [-0.2, 0) is 0 Å². The molecule has 1 unspecified atom stereocenters. The summed E-state index contributed by atoms with van der Waals surface area (Å²) in [6.07, 6.45) is 1.48. The Morgan fingerprint density at radius 3 is 2.81 bits per heavy atom. The maximum Gasteiger partial charge on any atom is 0.251 e. The van der Waals surface area contributed by atoms with Crippen LogP contribution in [0, 0.1) is 5.92 Å². The van der Waals surface area contributed by atoms with Crippen molar-refractivity contribution in [1.29, 1.82) is 0 Å². The minimum Gasteiger partial charge on any atom is -0.345 e. The number of tetrazole rings is 1. The number of rotatable bonds is 5. The lowest BCUT2D eigenvalue weighted by Gasteiger charge is -2.33. The van der Waals surface area contributed by atoms with Gasteiger partial charge in [-0.3, -0.25) is 4.79 Å². The highest BCUT2D eigenvalue weighted by molar-refractivity contribution is 5.95. The second-order valence-corrected chi connectivity index (χ2v) is 5.54. The molecule has 0 bridgehead atoms. The van der Waals surface area contributed by atoms with Gasteiger partial charge in [0.1, 0.15) is 6.33 Å². The first-order valence-electron chi connectivity index (χ1n) is 6.82. The van der Waals surface area contributed by atoms with E-state index in [0.29, 0.717) is 12.1 Å². The molecule has 21 heavy (non-hydrogen) atoms. The van der Waals surface area contributed by atoms with Crippen molar-refractivity contribution in [2.45, 2.75) is 26.3 Å². The van der Waals surface area contributed by atoms with Gasteiger partial charge in [0.2, 0.25) is 0 Å². The lowest BCUT2D eigenvalue weighted by atomic mass is 9.88. The second-order valence-electron chi connectivity index (χ2n) is 5.54. The lowest BCUT2D eigenvalue weighted by Crippen LogP contribution is -2.55. The van der Waals surface area contributed by atoms with Crippen molar-refractivity contribution < 1.29 is 4.79 Å². The first kappa shape index (κ1) is 15.1. The number of nitrogens with zero attached hydrogens (tertiary/aromatic N) is 4. The van der Waals surface area contributed by atoms with Gasteiger partial charge in [0.05, 0.1) is 11.2 Å². The fourth-order valence-electron chi connectivity index (χ4n) is 1.83. The molecule has 7 nitrogen and oxygen atoms in total. The van der Waals surface area contributed by atoms with Gasteiger partial charge in [-0.15, -0.1) is 5.10 Å². The summed E-state index contributed by atoms with van der Waals surface area (Å²) in [6.45, 7) is 6.39. The van der Waals surface area contributed by atoms with E-state index in [1.807, 2.05) is 26.8 Å². The van der Waals surface area contributed by atoms with E-state index in [0.717, 1.165) is 5.69 Å². The SMILES string of the molecule is CC(C)C(C)(CN)NC(=O)c1cccc(-n2cnnn2)c1. The van der Waals surface area contributed by atoms with Gasteiger partial charge < -0.3 is 11.1 Å².